The second-order valence-electron chi connectivity index (χ2n) is 8.34. The van der Waals surface area contributed by atoms with E-state index in [1.54, 1.807) is 0 Å². The van der Waals surface area contributed by atoms with E-state index >= 15 is 4.39 Å². The highest BCUT2D eigenvalue weighted by atomic mass is 32.2. The highest BCUT2D eigenvalue weighted by Crippen LogP contribution is 2.37. The van der Waals surface area contributed by atoms with Gasteiger partial charge in [-0.15, -0.1) is 33.6 Å². The van der Waals surface area contributed by atoms with Gasteiger partial charge in [-0.2, -0.15) is 0 Å². The highest BCUT2D eigenvalue weighted by Gasteiger charge is 2.38. The number of halogens is 4. The first kappa shape index (κ1) is 26.2. The number of sulfone groups is 1. The van der Waals surface area contributed by atoms with Crippen LogP contribution < -0.4 is 15.4 Å². The summed E-state index contributed by atoms with van der Waals surface area (Å²) in [6.07, 6.45) is -4.90. The number of nitrogens with zero attached hydrogens (tertiary/aromatic N) is 5. The number of fused-ring (bicyclic) bond motifs is 1. The topological polar surface area (TPSA) is 168 Å². The van der Waals surface area contributed by atoms with Crippen molar-refractivity contribution in [1.82, 2.24) is 20.4 Å². The molecular weight excluding hydrogens is 552 g/mol. The summed E-state index contributed by atoms with van der Waals surface area (Å²) in [4.78, 5) is 13.6. The van der Waals surface area contributed by atoms with E-state index in [1.165, 1.54) is 19.1 Å². The Bertz CT molecular complexity index is 1670. The molecule has 1 aliphatic heterocycles. The van der Waals surface area contributed by atoms with Gasteiger partial charge < -0.3 is 24.2 Å². The van der Waals surface area contributed by atoms with Gasteiger partial charge in [0.05, 0.1) is 34.5 Å². The number of carbonyl (C=O) groups excluding carboxylic acids is 1. The number of nitrogens with two attached hydrogens (primary N) is 1. The molecule has 0 saturated carbocycles. The number of alkyl halides is 3. The number of rotatable bonds is 5. The number of aromatic nitrogens is 4. The van der Waals surface area contributed by atoms with E-state index < -0.39 is 50.4 Å². The highest BCUT2D eigenvalue weighted by molar-refractivity contribution is 7.91. The molecular formula is C22H16F4N6O6S. The van der Waals surface area contributed by atoms with Crippen LogP contribution in [-0.2, 0) is 21.2 Å². The number of ether oxygens (including phenoxy) is 1. The van der Waals surface area contributed by atoms with Crippen LogP contribution in [0.3, 0.4) is 0 Å². The number of aryl methyl sites for hydroxylation is 1. The lowest BCUT2D eigenvalue weighted by Crippen LogP contribution is -2.45. The molecule has 4 aromatic rings. The summed E-state index contributed by atoms with van der Waals surface area (Å²) in [5.41, 5.74) is 5.57. The van der Waals surface area contributed by atoms with Crippen LogP contribution in [-0.4, -0.2) is 52.9 Å². The summed E-state index contributed by atoms with van der Waals surface area (Å²) in [7, 11) is -4.24. The fraction of sp³-hybridized carbons (Fsp3) is 0.227. The van der Waals surface area contributed by atoms with Gasteiger partial charge in [0.25, 0.3) is 5.89 Å². The molecule has 2 aromatic heterocycles. The Morgan fingerprint density at radius 2 is 1.69 bits per heavy atom. The fourth-order valence-corrected chi connectivity index (χ4v) is 5.39. The Hall–Kier alpha value is -4.38. The lowest BCUT2D eigenvalue weighted by molar-refractivity contribution is -0.274. The molecule has 1 amide bonds. The number of amides is 1. The van der Waals surface area contributed by atoms with E-state index in [1.807, 2.05) is 0 Å². The SMILES string of the molecule is Cc1nnc(-c2nnc(-c3cc4c(cc3F)S(=O)(=O)C[C@H](N)C(=O)N4Cc3ccc(OC(F)(F)F)cc3)o2)o1. The van der Waals surface area contributed by atoms with Crippen molar-refractivity contribution in [2.75, 3.05) is 10.7 Å². The van der Waals surface area contributed by atoms with Crippen LogP contribution in [0.4, 0.5) is 23.2 Å². The van der Waals surface area contributed by atoms with Gasteiger partial charge in [-0.1, -0.05) is 12.1 Å². The fourth-order valence-electron chi connectivity index (χ4n) is 3.83. The molecule has 0 saturated heterocycles. The van der Waals surface area contributed by atoms with Crippen molar-refractivity contribution in [2.24, 2.45) is 5.73 Å². The van der Waals surface area contributed by atoms with Crippen LogP contribution in [0.25, 0.3) is 23.2 Å². The second-order valence-corrected chi connectivity index (χ2v) is 10.3. The molecule has 17 heteroatoms. The van der Waals surface area contributed by atoms with Gasteiger partial charge >= 0.3 is 18.1 Å². The summed E-state index contributed by atoms with van der Waals surface area (Å²) in [6.45, 7) is 1.20. The van der Waals surface area contributed by atoms with E-state index in [0.29, 0.717) is 11.6 Å². The maximum atomic E-state index is 15.2. The van der Waals surface area contributed by atoms with Crippen LogP contribution in [0.5, 0.6) is 5.75 Å². The van der Waals surface area contributed by atoms with Crippen LogP contribution in [0.2, 0.25) is 0 Å². The summed E-state index contributed by atoms with van der Waals surface area (Å²) < 4.78 is 93.1. The zero-order chi connectivity index (χ0) is 28.1. The van der Waals surface area contributed by atoms with Gasteiger partial charge in [0.2, 0.25) is 11.8 Å². The number of carbonyl (C=O) groups is 1. The van der Waals surface area contributed by atoms with Crippen LogP contribution in [0, 0.1) is 12.7 Å². The Kier molecular flexibility index (Phi) is 6.34. The van der Waals surface area contributed by atoms with Crippen LogP contribution in [0.15, 0.2) is 50.1 Å². The number of anilines is 1. The van der Waals surface area contributed by atoms with Crippen molar-refractivity contribution in [3.8, 4) is 29.0 Å². The maximum absolute atomic E-state index is 15.2. The molecule has 0 unspecified atom stereocenters. The average Bonchev–Trinajstić information content (AvgIpc) is 3.50. The van der Waals surface area contributed by atoms with Crippen molar-refractivity contribution in [2.45, 2.75) is 30.8 Å². The van der Waals surface area contributed by atoms with Crippen molar-refractivity contribution in [3.05, 3.63) is 53.7 Å². The van der Waals surface area contributed by atoms with Crippen molar-refractivity contribution in [1.29, 1.82) is 0 Å². The third kappa shape index (κ3) is 5.30. The minimum atomic E-state index is -4.90. The molecule has 0 bridgehead atoms. The molecule has 204 valence electrons. The van der Waals surface area contributed by atoms with Crippen LogP contribution >= 0.6 is 0 Å². The van der Waals surface area contributed by atoms with E-state index in [9.17, 15) is 26.4 Å². The first-order chi connectivity index (χ1) is 18.3. The second kappa shape index (κ2) is 9.42. The predicted molar refractivity (Wildman–Crippen MR) is 122 cm³/mol. The minimum Gasteiger partial charge on any atom is -0.417 e. The van der Waals surface area contributed by atoms with Gasteiger partial charge in [-0.3, -0.25) is 4.79 Å². The molecule has 5 rings (SSSR count). The lowest BCUT2D eigenvalue weighted by Gasteiger charge is -2.24. The van der Waals surface area contributed by atoms with Crippen molar-refractivity contribution < 1.29 is 44.3 Å². The van der Waals surface area contributed by atoms with Gasteiger partial charge in [-0.05, 0) is 29.8 Å². The standard InChI is InChI=1S/C22H16F4N6O6S/c1-10-28-30-19(36-10)20-31-29-18(37-20)13-6-16-17(7-14(13)23)39(34,35)9-15(27)21(33)32(16)8-11-2-4-12(5-3-11)38-22(24,25)26/h2-7,15H,8-9,27H2,1H3/t15-/m0/s1. The van der Waals surface area contributed by atoms with E-state index in [4.69, 9.17) is 14.6 Å². The van der Waals surface area contributed by atoms with E-state index in [0.717, 1.165) is 23.1 Å². The smallest absolute Gasteiger partial charge is 0.417 e. The average molecular weight is 568 g/mol. The molecule has 2 aromatic carbocycles. The third-order valence-corrected chi connectivity index (χ3v) is 7.31. The maximum Gasteiger partial charge on any atom is 0.573 e. The van der Waals surface area contributed by atoms with Gasteiger partial charge in [-0.25, -0.2) is 12.8 Å². The number of hydrogen-bond donors (Lipinski definition) is 1. The number of hydrogen-bond acceptors (Lipinski definition) is 11. The molecule has 2 N–H and O–H groups in total. The minimum absolute atomic E-state index is 0.135. The zero-order valence-electron chi connectivity index (χ0n) is 19.6. The van der Waals surface area contributed by atoms with Gasteiger partial charge in [0, 0.05) is 6.92 Å². The van der Waals surface area contributed by atoms with Gasteiger partial charge in [0.1, 0.15) is 11.6 Å². The first-order valence-electron chi connectivity index (χ1n) is 10.9. The molecule has 0 radical (unpaired) electrons. The first-order valence-corrected chi connectivity index (χ1v) is 12.6. The molecule has 1 aliphatic rings. The monoisotopic (exact) mass is 568 g/mol. The Morgan fingerprint density at radius 1 is 1.05 bits per heavy atom. The Morgan fingerprint density at radius 3 is 2.33 bits per heavy atom. The predicted octanol–water partition coefficient (Wildman–Crippen LogP) is 2.78. The quantitative estimate of drug-likeness (QED) is 0.352. The zero-order valence-corrected chi connectivity index (χ0v) is 20.5. The summed E-state index contributed by atoms with van der Waals surface area (Å²) >= 11 is 0. The summed E-state index contributed by atoms with van der Waals surface area (Å²) in [5, 5.41) is 14.8. The van der Waals surface area contributed by atoms with Crippen LogP contribution in [0.1, 0.15) is 11.5 Å². The molecule has 12 nitrogen and oxygen atoms in total. The lowest BCUT2D eigenvalue weighted by atomic mass is 10.1. The van der Waals surface area contributed by atoms with Gasteiger partial charge in [0.15, 0.2) is 9.84 Å². The molecule has 39 heavy (non-hydrogen) atoms. The molecule has 0 fully saturated rings. The van der Waals surface area contributed by atoms with E-state index in [2.05, 4.69) is 25.1 Å². The van der Waals surface area contributed by atoms with E-state index in [-0.39, 0.29) is 41.4 Å². The molecule has 0 spiro atoms. The Balaban J connectivity index is 1.57. The molecule has 3 heterocycles. The molecule has 0 aliphatic carbocycles. The summed E-state index contributed by atoms with van der Waals surface area (Å²) in [5.74, 6) is -3.71. The van der Waals surface area contributed by atoms with Crippen molar-refractivity contribution in [3.63, 3.8) is 0 Å². The largest absolute Gasteiger partial charge is 0.573 e. The summed E-state index contributed by atoms with van der Waals surface area (Å²) in [6, 6.07) is 4.79. The van der Waals surface area contributed by atoms with Crippen molar-refractivity contribution >= 4 is 21.4 Å². The Labute approximate surface area is 216 Å². The number of benzene rings is 2. The third-order valence-electron chi connectivity index (χ3n) is 5.52. The normalized spacial score (nSPS) is 17.1. The molecule has 1 atom stereocenters.